The molecule has 7 nitrogen and oxygen atoms in total. The number of hydrogen-bond acceptors (Lipinski definition) is 5. The van der Waals surface area contributed by atoms with Gasteiger partial charge in [-0.05, 0) is 54.5 Å². The van der Waals surface area contributed by atoms with E-state index >= 15 is 0 Å². The summed E-state index contributed by atoms with van der Waals surface area (Å²) in [5, 5.41) is 14.5. The summed E-state index contributed by atoms with van der Waals surface area (Å²) >= 11 is 0. The van der Waals surface area contributed by atoms with Crippen LogP contribution in [0.25, 0.3) is 0 Å². The first-order valence-corrected chi connectivity index (χ1v) is 13.1. The first-order valence-electron chi connectivity index (χ1n) is 13.1. The number of carbonyl (C=O) groups is 2. The van der Waals surface area contributed by atoms with Crippen LogP contribution in [0.5, 0.6) is 0 Å². The minimum Gasteiger partial charge on any atom is -0.497 e. The fraction of sp³-hybridized carbons (Fsp3) is 0.586. The Morgan fingerprint density at radius 1 is 1.19 bits per heavy atom. The molecule has 7 heteroatoms. The van der Waals surface area contributed by atoms with Crippen LogP contribution in [0.4, 0.5) is 10.5 Å². The number of rotatable bonds is 8. The number of carbonyl (C=O) groups excluding carboxylic acids is 2. The Balaban J connectivity index is 1.99. The maximum Gasteiger partial charge on any atom is 0.323 e. The number of nitrogens with one attached hydrogen (secondary N) is 1. The molecular weight excluding hydrogens is 454 g/mol. The molecule has 4 N–H and O–H groups in total. The highest BCUT2D eigenvalue weighted by molar-refractivity contribution is 6.02. The maximum atomic E-state index is 13.9. The second-order valence-corrected chi connectivity index (χ2v) is 11.2. The van der Waals surface area contributed by atoms with E-state index in [0.29, 0.717) is 23.8 Å². The van der Waals surface area contributed by atoms with Crippen LogP contribution in [-0.4, -0.2) is 48.3 Å². The quantitative estimate of drug-likeness (QED) is 0.483. The lowest BCUT2D eigenvalue weighted by atomic mass is 9.70. The number of amides is 2. The number of ether oxygens (including phenoxy) is 1. The van der Waals surface area contributed by atoms with Crippen LogP contribution < -0.4 is 16.0 Å². The summed E-state index contributed by atoms with van der Waals surface area (Å²) < 4.78 is 5.52. The fourth-order valence-electron chi connectivity index (χ4n) is 5.30. The average molecular weight is 498 g/mol. The molecule has 0 saturated heterocycles. The highest BCUT2D eigenvalue weighted by Crippen LogP contribution is 2.39. The van der Waals surface area contributed by atoms with Gasteiger partial charge in [-0.3, -0.25) is 9.69 Å². The molecule has 0 radical (unpaired) electrons. The van der Waals surface area contributed by atoms with Crippen molar-refractivity contribution in [1.82, 2.24) is 5.32 Å². The van der Waals surface area contributed by atoms with Gasteiger partial charge in [0.05, 0.1) is 13.2 Å². The van der Waals surface area contributed by atoms with Crippen LogP contribution in [0.1, 0.15) is 66.2 Å². The molecule has 0 aromatic heterocycles. The lowest BCUT2D eigenvalue weighted by molar-refractivity contribution is -0.127. The van der Waals surface area contributed by atoms with Crippen molar-refractivity contribution in [3.05, 3.63) is 53.8 Å². The Hall–Kier alpha value is -2.64. The first kappa shape index (κ1) is 27.9. The monoisotopic (exact) mass is 497 g/mol. The molecular formula is C29H43N3O4. The fourth-order valence-corrected chi connectivity index (χ4v) is 5.30. The van der Waals surface area contributed by atoms with Crippen LogP contribution in [0, 0.1) is 11.3 Å². The number of nitrogens with two attached hydrogens (primary N) is 1. The van der Waals surface area contributed by atoms with E-state index in [9.17, 15) is 14.7 Å². The summed E-state index contributed by atoms with van der Waals surface area (Å²) in [6.45, 7) is 7.93. The summed E-state index contributed by atoms with van der Waals surface area (Å²) in [6.07, 6.45) is 8.91. The third kappa shape index (κ3) is 6.19. The van der Waals surface area contributed by atoms with Crippen LogP contribution in [0.2, 0.25) is 0 Å². The van der Waals surface area contributed by atoms with E-state index in [4.69, 9.17) is 10.5 Å². The van der Waals surface area contributed by atoms with Crippen molar-refractivity contribution in [2.75, 3.05) is 18.6 Å². The number of allylic oxidation sites excluding steroid dienone is 1. The number of hydrogen-bond donors (Lipinski definition) is 3. The summed E-state index contributed by atoms with van der Waals surface area (Å²) in [5.41, 5.74) is 5.15. The lowest BCUT2D eigenvalue weighted by Crippen LogP contribution is -2.67. The van der Waals surface area contributed by atoms with E-state index in [1.807, 2.05) is 51.1 Å². The Morgan fingerprint density at radius 2 is 1.83 bits per heavy atom. The molecule has 0 heterocycles. The molecule has 2 aliphatic carbocycles. The average Bonchev–Trinajstić information content (AvgIpc) is 2.85. The molecule has 1 aromatic carbocycles. The van der Waals surface area contributed by atoms with Gasteiger partial charge in [0.1, 0.15) is 11.9 Å². The molecule has 0 aliphatic heterocycles. The van der Waals surface area contributed by atoms with Gasteiger partial charge >= 0.3 is 6.03 Å². The first-order chi connectivity index (χ1) is 17.0. The molecule has 198 valence electrons. The minimum absolute atomic E-state index is 0.396. The number of Topliss-reactive ketones (excluding diaryl/α,β-unsaturated/α-hetero) is 1. The molecule has 0 spiro atoms. The Kier molecular flexibility index (Phi) is 9.01. The van der Waals surface area contributed by atoms with Crippen molar-refractivity contribution in [3.63, 3.8) is 0 Å². The van der Waals surface area contributed by atoms with Crippen molar-refractivity contribution in [3.8, 4) is 0 Å². The van der Waals surface area contributed by atoms with E-state index in [2.05, 4.69) is 5.32 Å². The predicted molar refractivity (Wildman–Crippen MR) is 144 cm³/mol. The molecule has 2 amide bonds. The van der Waals surface area contributed by atoms with Crippen molar-refractivity contribution >= 4 is 17.5 Å². The van der Waals surface area contributed by atoms with Crippen molar-refractivity contribution in [1.29, 1.82) is 0 Å². The number of aliphatic hydroxyl groups is 1. The molecule has 3 rings (SSSR count). The largest absolute Gasteiger partial charge is 0.497 e. The SMILES string of the molecule is COC1=CC(NC(=O)N(CCC2CCCCC2)c2ccccc2)(C(=O)[C@H](C)N)C(O)C(C(C)(C)C)=C1. The standard InChI is InChI=1S/C29H43N3O4/c1-20(30)25(33)29(19-23(36-5)18-24(26(29)34)28(2,3)4)31-27(35)32(22-14-10-7-11-15-22)17-16-21-12-8-6-9-13-21/h7,10-11,14-15,18-21,26,34H,6,8-9,12-13,16-17,30H2,1-5H3,(H,31,35)/t20-,26?,29?/m0/s1. The lowest BCUT2D eigenvalue weighted by Gasteiger charge is -2.44. The number of anilines is 1. The molecule has 2 unspecified atom stereocenters. The van der Waals surface area contributed by atoms with Gasteiger partial charge in [0.2, 0.25) is 0 Å². The summed E-state index contributed by atoms with van der Waals surface area (Å²) in [4.78, 5) is 29.2. The Labute approximate surface area is 215 Å². The Morgan fingerprint density at radius 3 is 2.39 bits per heavy atom. The molecule has 1 aromatic rings. The van der Waals surface area contributed by atoms with Gasteiger partial charge in [0.25, 0.3) is 0 Å². The molecule has 1 saturated carbocycles. The zero-order valence-corrected chi connectivity index (χ0v) is 22.4. The van der Waals surface area contributed by atoms with Gasteiger partial charge < -0.3 is 20.9 Å². The van der Waals surface area contributed by atoms with Crippen molar-refractivity contribution in [2.24, 2.45) is 17.1 Å². The summed E-state index contributed by atoms with van der Waals surface area (Å²) in [5.74, 6) is 0.495. The highest BCUT2D eigenvalue weighted by Gasteiger charge is 2.51. The van der Waals surface area contributed by atoms with E-state index in [1.54, 1.807) is 17.9 Å². The van der Waals surface area contributed by atoms with Gasteiger partial charge in [0, 0.05) is 12.2 Å². The smallest absolute Gasteiger partial charge is 0.323 e. The molecule has 3 atom stereocenters. The number of aliphatic hydroxyl groups excluding tert-OH is 1. The van der Waals surface area contributed by atoms with E-state index in [-0.39, 0.29) is 0 Å². The third-order valence-electron chi connectivity index (χ3n) is 7.43. The van der Waals surface area contributed by atoms with Gasteiger partial charge in [-0.15, -0.1) is 0 Å². The number of urea groups is 1. The van der Waals surface area contributed by atoms with Gasteiger partial charge in [-0.25, -0.2) is 4.79 Å². The molecule has 36 heavy (non-hydrogen) atoms. The second-order valence-electron chi connectivity index (χ2n) is 11.2. The van der Waals surface area contributed by atoms with E-state index in [1.165, 1.54) is 45.3 Å². The third-order valence-corrected chi connectivity index (χ3v) is 7.43. The van der Waals surface area contributed by atoms with Crippen molar-refractivity contribution in [2.45, 2.75) is 83.9 Å². The molecule has 1 fully saturated rings. The van der Waals surface area contributed by atoms with Gasteiger partial charge in [-0.2, -0.15) is 0 Å². The molecule has 2 aliphatic rings. The van der Waals surface area contributed by atoms with E-state index in [0.717, 1.165) is 12.1 Å². The van der Waals surface area contributed by atoms with Crippen LogP contribution >= 0.6 is 0 Å². The predicted octanol–water partition coefficient (Wildman–Crippen LogP) is 4.71. The van der Waals surface area contributed by atoms with Gasteiger partial charge in [-0.1, -0.05) is 71.1 Å². The topological polar surface area (TPSA) is 105 Å². The summed E-state index contributed by atoms with van der Waals surface area (Å²) in [6, 6.07) is 8.08. The van der Waals surface area contributed by atoms with Crippen LogP contribution in [0.15, 0.2) is 53.8 Å². The van der Waals surface area contributed by atoms with Gasteiger partial charge in [0.15, 0.2) is 11.3 Å². The number of methoxy groups -OCH3 is 1. The van der Waals surface area contributed by atoms with Crippen LogP contribution in [-0.2, 0) is 9.53 Å². The zero-order valence-electron chi connectivity index (χ0n) is 22.4. The maximum absolute atomic E-state index is 13.9. The number of para-hydroxylation sites is 1. The highest BCUT2D eigenvalue weighted by atomic mass is 16.5. The molecule has 0 bridgehead atoms. The van der Waals surface area contributed by atoms with Crippen molar-refractivity contribution < 1.29 is 19.4 Å². The minimum atomic E-state index is -1.76. The number of benzene rings is 1. The summed E-state index contributed by atoms with van der Waals surface area (Å²) in [7, 11) is 1.50. The Bertz CT molecular complexity index is 974. The van der Waals surface area contributed by atoms with E-state index < -0.39 is 34.9 Å². The van der Waals surface area contributed by atoms with Crippen LogP contribution in [0.3, 0.4) is 0 Å². The normalized spacial score (nSPS) is 23.8. The second kappa shape index (κ2) is 11.6. The zero-order chi connectivity index (χ0) is 26.5. The number of nitrogens with zero attached hydrogens (tertiary/aromatic N) is 1. The number of ketones is 1.